The van der Waals surface area contributed by atoms with Gasteiger partial charge in [-0.2, -0.15) is 0 Å². The summed E-state index contributed by atoms with van der Waals surface area (Å²) in [7, 11) is 0. The third-order valence-corrected chi connectivity index (χ3v) is 3.12. The quantitative estimate of drug-likeness (QED) is 0.826. The zero-order valence-electron chi connectivity index (χ0n) is 11.4. The van der Waals surface area contributed by atoms with Crippen molar-refractivity contribution in [3.8, 4) is 0 Å². The number of benzene rings is 2. The molecule has 100 valence electrons. The zero-order valence-corrected chi connectivity index (χ0v) is 11.4. The lowest BCUT2D eigenvalue weighted by atomic mass is 10.1. The molecule has 0 bridgehead atoms. The van der Waals surface area contributed by atoms with E-state index in [1.807, 2.05) is 50.2 Å². The molecule has 0 atom stereocenters. The maximum atomic E-state index is 5.95. The van der Waals surface area contributed by atoms with E-state index in [9.17, 15) is 0 Å². The molecule has 0 saturated heterocycles. The van der Waals surface area contributed by atoms with E-state index in [1.165, 1.54) is 0 Å². The Kier molecular flexibility index (Phi) is 4.07. The maximum absolute atomic E-state index is 5.95. The summed E-state index contributed by atoms with van der Waals surface area (Å²) in [5.74, 6) is 0. The number of aryl methyl sites for hydroxylation is 2. The van der Waals surface area contributed by atoms with Gasteiger partial charge in [-0.05, 0) is 37.1 Å². The number of hydrogen-bond donors (Lipinski definition) is 2. The molecule has 2 rings (SSSR count). The van der Waals surface area contributed by atoms with Crippen molar-refractivity contribution in [2.75, 3.05) is 11.5 Å². The van der Waals surface area contributed by atoms with Gasteiger partial charge in [-0.15, -0.1) is 0 Å². The predicted molar refractivity (Wildman–Crippen MR) is 79.7 cm³/mol. The lowest BCUT2D eigenvalue weighted by Crippen LogP contribution is -2.01. The summed E-state index contributed by atoms with van der Waals surface area (Å²) < 4.78 is 5.69. The number of hydrogen-bond acceptors (Lipinski definition) is 3. The molecule has 2 aromatic carbocycles. The predicted octanol–water partition coefficient (Wildman–Crippen LogP) is 3.18. The van der Waals surface area contributed by atoms with Gasteiger partial charge < -0.3 is 16.2 Å². The van der Waals surface area contributed by atoms with Crippen molar-refractivity contribution in [2.45, 2.75) is 27.1 Å². The topological polar surface area (TPSA) is 61.3 Å². The highest BCUT2D eigenvalue weighted by Crippen LogP contribution is 2.18. The molecular weight excluding hydrogens is 236 g/mol. The first-order valence-electron chi connectivity index (χ1n) is 6.34. The summed E-state index contributed by atoms with van der Waals surface area (Å²) in [5, 5.41) is 0. The molecule has 0 radical (unpaired) electrons. The van der Waals surface area contributed by atoms with Gasteiger partial charge in [0.2, 0.25) is 0 Å². The van der Waals surface area contributed by atoms with E-state index in [-0.39, 0.29) is 0 Å². The van der Waals surface area contributed by atoms with E-state index < -0.39 is 0 Å². The van der Waals surface area contributed by atoms with Crippen molar-refractivity contribution in [2.24, 2.45) is 0 Å². The average molecular weight is 256 g/mol. The molecule has 0 aliphatic rings. The van der Waals surface area contributed by atoms with Crippen LogP contribution in [-0.2, 0) is 18.0 Å². The van der Waals surface area contributed by atoms with Crippen LogP contribution in [-0.4, -0.2) is 0 Å². The summed E-state index contributed by atoms with van der Waals surface area (Å²) in [4.78, 5) is 0. The summed E-state index contributed by atoms with van der Waals surface area (Å²) in [6.45, 7) is 5.04. The van der Waals surface area contributed by atoms with Gasteiger partial charge in [0, 0.05) is 22.5 Å². The Bertz CT molecular complexity index is 527. The minimum absolute atomic E-state index is 0.499. The lowest BCUT2D eigenvalue weighted by molar-refractivity contribution is 0.108. The molecule has 4 N–H and O–H groups in total. The van der Waals surface area contributed by atoms with E-state index in [1.54, 1.807) is 0 Å². The molecule has 0 aromatic heterocycles. The standard InChI is InChI=1S/C16H20N2O/c1-11-3-5-13(15(17)7-11)9-19-10-14-6-4-12(2)8-16(14)18/h3-8H,9-10,17-18H2,1-2H3. The SMILES string of the molecule is Cc1ccc(COCc2ccc(C)cc2N)c(N)c1. The van der Waals surface area contributed by atoms with Crippen LogP contribution in [0.3, 0.4) is 0 Å². The summed E-state index contributed by atoms with van der Waals surface area (Å²) in [6, 6.07) is 12.0. The van der Waals surface area contributed by atoms with Crippen LogP contribution in [0.2, 0.25) is 0 Å². The fraction of sp³-hybridized carbons (Fsp3) is 0.250. The van der Waals surface area contributed by atoms with Crippen LogP contribution in [0.5, 0.6) is 0 Å². The molecular formula is C16H20N2O. The molecule has 3 heteroatoms. The number of nitrogens with two attached hydrogens (primary N) is 2. The van der Waals surface area contributed by atoms with Crippen LogP contribution >= 0.6 is 0 Å². The summed E-state index contributed by atoms with van der Waals surface area (Å²) in [5.41, 5.74) is 17.8. The third kappa shape index (κ3) is 3.48. The van der Waals surface area contributed by atoms with Crippen molar-refractivity contribution in [1.82, 2.24) is 0 Å². The fourth-order valence-electron chi connectivity index (χ4n) is 1.96. The Morgan fingerprint density at radius 2 is 1.21 bits per heavy atom. The number of rotatable bonds is 4. The second-order valence-electron chi connectivity index (χ2n) is 4.90. The van der Waals surface area contributed by atoms with Crippen LogP contribution in [0.25, 0.3) is 0 Å². The number of nitrogen functional groups attached to an aromatic ring is 2. The third-order valence-electron chi connectivity index (χ3n) is 3.12. The van der Waals surface area contributed by atoms with Gasteiger partial charge in [0.05, 0.1) is 13.2 Å². The first-order valence-corrected chi connectivity index (χ1v) is 6.34. The minimum atomic E-state index is 0.499. The normalized spacial score (nSPS) is 10.6. The van der Waals surface area contributed by atoms with Crippen molar-refractivity contribution in [3.05, 3.63) is 58.7 Å². The molecule has 0 aliphatic heterocycles. The summed E-state index contributed by atoms with van der Waals surface area (Å²) >= 11 is 0. The van der Waals surface area contributed by atoms with Crippen molar-refractivity contribution in [1.29, 1.82) is 0 Å². The molecule has 19 heavy (non-hydrogen) atoms. The second kappa shape index (κ2) is 5.76. The maximum Gasteiger partial charge on any atom is 0.0741 e. The smallest absolute Gasteiger partial charge is 0.0741 e. The van der Waals surface area contributed by atoms with E-state index >= 15 is 0 Å². The monoisotopic (exact) mass is 256 g/mol. The minimum Gasteiger partial charge on any atom is -0.398 e. The van der Waals surface area contributed by atoms with Crippen LogP contribution < -0.4 is 11.5 Å². The van der Waals surface area contributed by atoms with Crippen molar-refractivity contribution in [3.63, 3.8) is 0 Å². The Morgan fingerprint density at radius 3 is 1.58 bits per heavy atom. The van der Waals surface area contributed by atoms with Gasteiger partial charge in [-0.3, -0.25) is 0 Å². The molecule has 0 saturated carbocycles. The molecule has 0 fully saturated rings. The van der Waals surface area contributed by atoms with Crippen LogP contribution in [0.1, 0.15) is 22.3 Å². The largest absolute Gasteiger partial charge is 0.398 e. The number of ether oxygens (including phenoxy) is 1. The second-order valence-corrected chi connectivity index (χ2v) is 4.90. The Labute approximate surface area is 114 Å². The summed E-state index contributed by atoms with van der Waals surface area (Å²) in [6.07, 6.45) is 0. The van der Waals surface area contributed by atoms with Crippen LogP contribution in [0, 0.1) is 13.8 Å². The van der Waals surface area contributed by atoms with Gasteiger partial charge in [-0.25, -0.2) is 0 Å². The van der Waals surface area contributed by atoms with Gasteiger partial charge in [0.1, 0.15) is 0 Å². The first kappa shape index (κ1) is 13.4. The van der Waals surface area contributed by atoms with Crippen LogP contribution in [0.15, 0.2) is 36.4 Å². The van der Waals surface area contributed by atoms with Gasteiger partial charge >= 0.3 is 0 Å². The van der Waals surface area contributed by atoms with E-state index in [4.69, 9.17) is 16.2 Å². The van der Waals surface area contributed by atoms with Gasteiger partial charge in [0.15, 0.2) is 0 Å². The number of anilines is 2. The van der Waals surface area contributed by atoms with Gasteiger partial charge in [-0.1, -0.05) is 24.3 Å². The Morgan fingerprint density at radius 1 is 0.789 bits per heavy atom. The van der Waals surface area contributed by atoms with Crippen molar-refractivity contribution >= 4 is 11.4 Å². The molecule has 0 amide bonds. The Balaban J connectivity index is 1.96. The molecule has 0 spiro atoms. The molecule has 0 aliphatic carbocycles. The van der Waals surface area contributed by atoms with Crippen LogP contribution in [0.4, 0.5) is 11.4 Å². The van der Waals surface area contributed by atoms with E-state index in [0.29, 0.717) is 13.2 Å². The molecule has 0 heterocycles. The fourth-order valence-corrected chi connectivity index (χ4v) is 1.96. The molecule has 0 unspecified atom stereocenters. The highest BCUT2D eigenvalue weighted by atomic mass is 16.5. The van der Waals surface area contributed by atoms with E-state index in [2.05, 4.69) is 0 Å². The van der Waals surface area contributed by atoms with Gasteiger partial charge in [0.25, 0.3) is 0 Å². The average Bonchev–Trinajstić information content (AvgIpc) is 2.34. The lowest BCUT2D eigenvalue weighted by Gasteiger charge is -2.10. The van der Waals surface area contributed by atoms with Crippen molar-refractivity contribution < 1.29 is 4.74 Å². The van der Waals surface area contributed by atoms with E-state index in [0.717, 1.165) is 33.6 Å². The highest BCUT2D eigenvalue weighted by molar-refractivity contribution is 5.49. The highest BCUT2D eigenvalue weighted by Gasteiger charge is 2.02. The zero-order chi connectivity index (χ0) is 13.8. The Hall–Kier alpha value is -2.00. The molecule has 3 nitrogen and oxygen atoms in total. The first-order chi connectivity index (χ1) is 9.06. The molecule has 2 aromatic rings.